The molecule has 2 aromatic rings. The number of rotatable bonds is 5. The van der Waals surface area contributed by atoms with Crippen LogP contribution in [0.15, 0.2) is 53.4 Å². The lowest BCUT2D eigenvalue weighted by molar-refractivity contribution is 0.601. The lowest BCUT2D eigenvalue weighted by Gasteiger charge is -2.12. The summed E-state index contributed by atoms with van der Waals surface area (Å²) >= 11 is 2.14. The normalized spacial score (nSPS) is 11.3. The van der Waals surface area contributed by atoms with Gasteiger partial charge in [0, 0.05) is 10.1 Å². The van der Waals surface area contributed by atoms with Crippen molar-refractivity contribution in [2.24, 2.45) is 0 Å². The number of sulfonamides is 1. The highest BCUT2D eigenvalue weighted by atomic mass is 127. The number of hydrogen-bond acceptors (Lipinski definition) is 3. The van der Waals surface area contributed by atoms with E-state index in [4.69, 9.17) is 0 Å². The summed E-state index contributed by atoms with van der Waals surface area (Å²) in [6, 6.07) is 14.1. The minimum absolute atomic E-state index is 0.261. The van der Waals surface area contributed by atoms with E-state index in [1.807, 2.05) is 25.2 Å². The first-order chi connectivity index (χ1) is 9.53. The molecule has 0 aliphatic heterocycles. The fraction of sp³-hybridized carbons (Fsp3) is 0.143. The van der Waals surface area contributed by atoms with Gasteiger partial charge in [-0.05, 0) is 65.5 Å². The molecule has 0 radical (unpaired) electrons. The van der Waals surface area contributed by atoms with Crippen molar-refractivity contribution in [1.82, 2.24) is 5.32 Å². The highest BCUT2D eigenvalue weighted by Gasteiger charge is 2.15. The van der Waals surface area contributed by atoms with E-state index >= 15 is 0 Å². The van der Waals surface area contributed by atoms with Crippen molar-refractivity contribution in [3.05, 3.63) is 57.7 Å². The van der Waals surface area contributed by atoms with Gasteiger partial charge in [0.05, 0.1) is 10.6 Å². The van der Waals surface area contributed by atoms with Gasteiger partial charge in [0.2, 0.25) is 0 Å². The molecule has 0 unspecified atom stereocenters. The Balaban J connectivity index is 2.31. The fourth-order valence-corrected chi connectivity index (χ4v) is 3.24. The van der Waals surface area contributed by atoms with Crippen LogP contribution in [0.1, 0.15) is 5.56 Å². The Hall–Kier alpha value is -1.12. The lowest BCUT2D eigenvalue weighted by atomic mass is 10.2. The molecule has 2 rings (SSSR count). The molecule has 0 saturated carbocycles. The number of hydrogen-bond donors (Lipinski definition) is 2. The van der Waals surface area contributed by atoms with Crippen LogP contribution in [0.3, 0.4) is 0 Å². The van der Waals surface area contributed by atoms with Gasteiger partial charge in [0.1, 0.15) is 0 Å². The summed E-state index contributed by atoms with van der Waals surface area (Å²) in [6.07, 6.45) is 0. The Bertz CT molecular complexity index is 685. The molecule has 0 aromatic heterocycles. The third-order valence-electron chi connectivity index (χ3n) is 2.75. The van der Waals surface area contributed by atoms with Crippen LogP contribution in [-0.2, 0) is 16.6 Å². The number of benzene rings is 2. The van der Waals surface area contributed by atoms with Crippen LogP contribution in [-0.4, -0.2) is 15.5 Å². The Morgan fingerprint density at radius 1 is 1.05 bits per heavy atom. The zero-order chi connectivity index (χ0) is 14.6. The first kappa shape index (κ1) is 15.3. The van der Waals surface area contributed by atoms with Gasteiger partial charge in [-0.3, -0.25) is 4.72 Å². The number of para-hydroxylation sites is 1. The van der Waals surface area contributed by atoms with Crippen molar-refractivity contribution >= 4 is 38.3 Å². The predicted molar refractivity (Wildman–Crippen MR) is 89.2 cm³/mol. The van der Waals surface area contributed by atoms with Gasteiger partial charge in [0.25, 0.3) is 10.0 Å². The largest absolute Gasteiger partial charge is 0.316 e. The van der Waals surface area contributed by atoms with Crippen LogP contribution in [0.2, 0.25) is 0 Å². The Morgan fingerprint density at radius 2 is 1.70 bits per heavy atom. The first-order valence-electron chi connectivity index (χ1n) is 6.04. The van der Waals surface area contributed by atoms with Crippen LogP contribution >= 0.6 is 22.6 Å². The summed E-state index contributed by atoms with van der Waals surface area (Å²) in [4.78, 5) is 0.261. The molecule has 20 heavy (non-hydrogen) atoms. The van der Waals surface area contributed by atoms with E-state index in [1.165, 1.54) is 0 Å². The maximum Gasteiger partial charge on any atom is 0.261 e. The predicted octanol–water partition coefficient (Wildman–Crippen LogP) is 2.81. The Morgan fingerprint density at radius 3 is 2.35 bits per heavy atom. The molecule has 0 spiro atoms. The van der Waals surface area contributed by atoms with Crippen LogP contribution in [0.4, 0.5) is 5.69 Å². The minimum Gasteiger partial charge on any atom is -0.316 e. The van der Waals surface area contributed by atoms with Gasteiger partial charge in [-0.15, -0.1) is 0 Å². The summed E-state index contributed by atoms with van der Waals surface area (Å²) in [6.45, 7) is 0.603. The monoisotopic (exact) mass is 402 g/mol. The molecule has 0 amide bonds. The van der Waals surface area contributed by atoms with E-state index in [1.54, 1.807) is 30.3 Å². The topological polar surface area (TPSA) is 58.2 Å². The maximum atomic E-state index is 12.3. The van der Waals surface area contributed by atoms with Gasteiger partial charge >= 0.3 is 0 Å². The smallest absolute Gasteiger partial charge is 0.261 e. The van der Waals surface area contributed by atoms with Gasteiger partial charge < -0.3 is 5.32 Å². The summed E-state index contributed by atoms with van der Waals surface area (Å²) in [7, 11) is -1.73. The SMILES string of the molecule is CNCc1ccccc1NS(=O)(=O)c1ccc(I)cc1. The molecule has 0 bridgehead atoms. The third kappa shape index (κ3) is 3.71. The third-order valence-corrected chi connectivity index (χ3v) is 4.85. The van der Waals surface area contributed by atoms with Crippen molar-refractivity contribution in [2.75, 3.05) is 11.8 Å². The standard InChI is InChI=1S/C14H15IN2O2S/c1-16-10-11-4-2-3-5-14(11)17-20(18,19)13-8-6-12(15)7-9-13/h2-9,16-17H,10H2,1H3. The molecular weight excluding hydrogens is 387 g/mol. The molecule has 106 valence electrons. The molecular formula is C14H15IN2O2S. The summed E-state index contributed by atoms with van der Waals surface area (Å²) in [5.41, 5.74) is 1.50. The molecule has 2 aromatic carbocycles. The average Bonchev–Trinajstić information content (AvgIpc) is 2.41. The molecule has 0 aliphatic rings. The van der Waals surface area contributed by atoms with Gasteiger partial charge in [0.15, 0.2) is 0 Å². The van der Waals surface area contributed by atoms with E-state index in [-0.39, 0.29) is 4.90 Å². The molecule has 0 fully saturated rings. The van der Waals surface area contributed by atoms with Crippen molar-refractivity contribution in [3.63, 3.8) is 0 Å². The lowest BCUT2D eigenvalue weighted by Crippen LogP contribution is -2.16. The zero-order valence-electron chi connectivity index (χ0n) is 10.9. The molecule has 0 aliphatic carbocycles. The van der Waals surface area contributed by atoms with E-state index < -0.39 is 10.0 Å². The Labute approximate surface area is 132 Å². The van der Waals surface area contributed by atoms with Crippen molar-refractivity contribution in [2.45, 2.75) is 11.4 Å². The minimum atomic E-state index is -3.55. The second-order valence-electron chi connectivity index (χ2n) is 4.25. The van der Waals surface area contributed by atoms with E-state index in [0.29, 0.717) is 12.2 Å². The summed E-state index contributed by atoms with van der Waals surface area (Å²) in [5.74, 6) is 0. The van der Waals surface area contributed by atoms with E-state index in [9.17, 15) is 8.42 Å². The van der Waals surface area contributed by atoms with E-state index in [0.717, 1.165) is 9.13 Å². The fourth-order valence-electron chi connectivity index (χ4n) is 1.78. The van der Waals surface area contributed by atoms with Crippen LogP contribution in [0.25, 0.3) is 0 Å². The summed E-state index contributed by atoms with van der Waals surface area (Å²) in [5, 5.41) is 3.02. The second kappa shape index (κ2) is 6.55. The van der Waals surface area contributed by atoms with Gasteiger partial charge in [-0.1, -0.05) is 18.2 Å². The first-order valence-corrected chi connectivity index (χ1v) is 8.60. The van der Waals surface area contributed by atoms with E-state index in [2.05, 4.69) is 32.6 Å². The molecule has 6 heteroatoms. The molecule has 0 heterocycles. The second-order valence-corrected chi connectivity index (χ2v) is 7.17. The van der Waals surface area contributed by atoms with Crippen molar-refractivity contribution in [1.29, 1.82) is 0 Å². The van der Waals surface area contributed by atoms with Gasteiger partial charge in [-0.25, -0.2) is 8.42 Å². The van der Waals surface area contributed by atoms with Crippen LogP contribution in [0.5, 0.6) is 0 Å². The van der Waals surface area contributed by atoms with Crippen LogP contribution < -0.4 is 10.0 Å². The van der Waals surface area contributed by atoms with Crippen molar-refractivity contribution < 1.29 is 8.42 Å². The van der Waals surface area contributed by atoms with Crippen molar-refractivity contribution in [3.8, 4) is 0 Å². The number of halogens is 1. The molecule has 0 atom stereocenters. The highest BCUT2D eigenvalue weighted by molar-refractivity contribution is 14.1. The highest BCUT2D eigenvalue weighted by Crippen LogP contribution is 2.20. The summed E-state index contributed by atoms with van der Waals surface area (Å²) < 4.78 is 28.3. The number of nitrogens with one attached hydrogen (secondary N) is 2. The maximum absolute atomic E-state index is 12.3. The number of anilines is 1. The quantitative estimate of drug-likeness (QED) is 0.757. The molecule has 4 nitrogen and oxygen atoms in total. The zero-order valence-corrected chi connectivity index (χ0v) is 13.9. The van der Waals surface area contributed by atoms with Gasteiger partial charge in [-0.2, -0.15) is 0 Å². The molecule has 0 saturated heterocycles. The molecule has 2 N–H and O–H groups in total. The Kier molecular flexibility index (Phi) is 5.00. The average molecular weight is 402 g/mol. The van der Waals surface area contributed by atoms with Crippen LogP contribution in [0, 0.1) is 3.57 Å².